The Morgan fingerprint density at radius 3 is 2.63 bits per heavy atom. The third-order valence-electron chi connectivity index (χ3n) is 7.42. The molecule has 1 amide bonds. The summed E-state index contributed by atoms with van der Waals surface area (Å²) >= 11 is 1.34. The first kappa shape index (κ1) is 20.1. The Morgan fingerprint density at radius 2 is 1.83 bits per heavy atom. The molecule has 1 aromatic heterocycles. The molecule has 0 bridgehead atoms. The maximum Gasteiger partial charge on any atom is 0.236 e. The molecule has 1 aliphatic carbocycles. The lowest BCUT2D eigenvalue weighted by molar-refractivity contribution is -0.133. The first-order valence-electron chi connectivity index (χ1n) is 11.2. The quantitative estimate of drug-likeness (QED) is 0.737. The van der Waals surface area contributed by atoms with Crippen LogP contribution in [0.1, 0.15) is 61.6 Å². The summed E-state index contributed by atoms with van der Waals surface area (Å²) < 4.78 is 17.5. The standard InChI is InChI=1S/C23H29FN4OS/c24-18-9-7-16(8-10-18)19-12-28(13-20(19)21-15-30-26-25-21)23(29)14-27-11-3-5-17-4-1-2-6-22(17)27/h7-10,15,17,19-20,22H,1-6,11-14H2/t17-,19+,20-,22-/m1/s1. The van der Waals surface area contributed by atoms with Crippen molar-refractivity contribution >= 4 is 17.4 Å². The normalized spacial score (nSPS) is 29.7. The van der Waals surface area contributed by atoms with Crippen LogP contribution in [-0.2, 0) is 4.79 Å². The molecule has 0 N–H and O–H groups in total. The lowest BCUT2D eigenvalue weighted by Gasteiger charge is -2.44. The molecule has 160 valence electrons. The van der Waals surface area contributed by atoms with Crippen molar-refractivity contribution < 1.29 is 9.18 Å². The number of nitrogens with zero attached hydrogens (tertiary/aromatic N) is 4. The number of rotatable bonds is 4. The molecule has 3 aliphatic rings. The Morgan fingerprint density at radius 1 is 1.07 bits per heavy atom. The van der Waals surface area contributed by atoms with Gasteiger partial charge in [0.15, 0.2) is 0 Å². The van der Waals surface area contributed by atoms with Gasteiger partial charge < -0.3 is 4.90 Å². The summed E-state index contributed by atoms with van der Waals surface area (Å²) in [5.41, 5.74) is 2.00. The first-order chi connectivity index (χ1) is 14.7. The second-order valence-corrected chi connectivity index (χ2v) is 9.73. The highest BCUT2D eigenvalue weighted by Gasteiger charge is 2.40. The summed E-state index contributed by atoms with van der Waals surface area (Å²) in [5.74, 6) is 1.01. The van der Waals surface area contributed by atoms with E-state index in [1.807, 2.05) is 22.4 Å². The molecule has 0 radical (unpaired) electrons. The summed E-state index contributed by atoms with van der Waals surface area (Å²) in [6.07, 6.45) is 7.73. The molecule has 5 rings (SSSR count). The fourth-order valence-electron chi connectivity index (χ4n) is 5.89. The molecular weight excluding hydrogens is 399 g/mol. The molecule has 0 spiro atoms. The Labute approximate surface area is 181 Å². The van der Waals surface area contributed by atoms with Crippen LogP contribution < -0.4 is 0 Å². The van der Waals surface area contributed by atoms with E-state index in [-0.39, 0.29) is 23.6 Å². The minimum Gasteiger partial charge on any atom is -0.340 e. The lowest BCUT2D eigenvalue weighted by atomic mass is 9.78. The van der Waals surface area contributed by atoms with Gasteiger partial charge >= 0.3 is 0 Å². The molecule has 1 saturated carbocycles. The summed E-state index contributed by atoms with van der Waals surface area (Å²) in [6.45, 7) is 2.89. The monoisotopic (exact) mass is 428 g/mol. The third kappa shape index (κ3) is 4.02. The zero-order chi connectivity index (χ0) is 20.5. The van der Waals surface area contributed by atoms with Crippen LogP contribution in [0.25, 0.3) is 0 Å². The molecule has 5 nitrogen and oxygen atoms in total. The minimum atomic E-state index is -0.233. The van der Waals surface area contributed by atoms with Crippen LogP contribution in [0.15, 0.2) is 29.6 Å². The van der Waals surface area contributed by atoms with Crippen LogP contribution in [-0.4, -0.2) is 57.5 Å². The summed E-state index contributed by atoms with van der Waals surface area (Å²) in [6, 6.07) is 7.29. The van der Waals surface area contributed by atoms with Gasteiger partial charge in [-0.25, -0.2) is 4.39 Å². The largest absolute Gasteiger partial charge is 0.340 e. The molecule has 1 aromatic carbocycles. The first-order valence-corrected chi connectivity index (χ1v) is 12.1. The molecule has 7 heteroatoms. The van der Waals surface area contributed by atoms with Crippen LogP contribution in [0.3, 0.4) is 0 Å². The fourth-order valence-corrected chi connectivity index (χ4v) is 6.40. The van der Waals surface area contributed by atoms with E-state index in [0.29, 0.717) is 25.7 Å². The van der Waals surface area contributed by atoms with Gasteiger partial charge in [-0.05, 0) is 67.4 Å². The molecule has 0 unspecified atom stereocenters. The van der Waals surface area contributed by atoms with Crippen molar-refractivity contribution in [1.82, 2.24) is 19.4 Å². The van der Waals surface area contributed by atoms with E-state index in [4.69, 9.17) is 0 Å². The highest BCUT2D eigenvalue weighted by molar-refractivity contribution is 7.03. The second-order valence-electron chi connectivity index (χ2n) is 9.12. The van der Waals surface area contributed by atoms with Gasteiger partial charge in [-0.3, -0.25) is 9.69 Å². The highest BCUT2D eigenvalue weighted by atomic mass is 32.1. The van der Waals surface area contributed by atoms with Crippen LogP contribution >= 0.6 is 11.5 Å². The van der Waals surface area contributed by atoms with Gasteiger partial charge in [0, 0.05) is 36.3 Å². The smallest absolute Gasteiger partial charge is 0.236 e. The average Bonchev–Trinajstić information content (AvgIpc) is 3.45. The van der Waals surface area contributed by atoms with E-state index in [2.05, 4.69) is 14.5 Å². The van der Waals surface area contributed by atoms with Crippen molar-refractivity contribution in [2.45, 2.75) is 56.4 Å². The van der Waals surface area contributed by atoms with Crippen molar-refractivity contribution in [3.05, 3.63) is 46.7 Å². The Kier molecular flexibility index (Phi) is 5.83. The number of hydrogen-bond acceptors (Lipinski definition) is 5. The minimum absolute atomic E-state index is 0.113. The van der Waals surface area contributed by atoms with Gasteiger partial charge in [0.05, 0.1) is 12.2 Å². The second kappa shape index (κ2) is 8.71. The number of hydrogen-bond donors (Lipinski definition) is 0. The number of aromatic nitrogens is 2. The number of likely N-dealkylation sites (tertiary alicyclic amines) is 2. The predicted octanol–water partition coefficient (Wildman–Crippen LogP) is 4.04. The molecule has 2 aromatic rings. The van der Waals surface area contributed by atoms with E-state index in [1.165, 1.54) is 62.2 Å². The maximum absolute atomic E-state index is 13.5. The average molecular weight is 429 g/mol. The topological polar surface area (TPSA) is 49.3 Å². The number of amides is 1. The molecule has 30 heavy (non-hydrogen) atoms. The Balaban J connectivity index is 1.32. The van der Waals surface area contributed by atoms with Gasteiger partial charge in [0.25, 0.3) is 0 Å². The van der Waals surface area contributed by atoms with Gasteiger partial charge in [-0.2, -0.15) is 0 Å². The van der Waals surface area contributed by atoms with Crippen molar-refractivity contribution in [3.8, 4) is 0 Å². The van der Waals surface area contributed by atoms with E-state index in [1.54, 1.807) is 0 Å². The lowest BCUT2D eigenvalue weighted by Crippen LogP contribution is -2.50. The van der Waals surface area contributed by atoms with E-state index >= 15 is 0 Å². The van der Waals surface area contributed by atoms with Crippen LogP contribution in [0.5, 0.6) is 0 Å². The van der Waals surface area contributed by atoms with Gasteiger partial charge in [-0.15, -0.1) is 5.10 Å². The molecule has 2 saturated heterocycles. The van der Waals surface area contributed by atoms with Gasteiger partial charge in [0.2, 0.25) is 5.91 Å². The number of benzene rings is 1. The van der Waals surface area contributed by atoms with Gasteiger partial charge in [0.1, 0.15) is 5.82 Å². The zero-order valence-electron chi connectivity index (χ0n) is 17.3. The summed E-state index contributed by atoms with van der Waals surface area (Å²) in [7, 11) is 0. The molecule has 2 aliphatic heterocycles. The fraction of sp³-hybridized carbons (Fsp3) is 0.609. The summed E-state index contributed by atoms with van der Waals surface area (Å²) in [4.78, 5) is 17.8. The number of halogens is 1. The van der Waals surface area contributed by atoms with Crippen molar-refractivity contribution in [2.75, 3.05) is 26.2 Å². The number of carbonyl (C=O) groups excluding carboxylic acids is 1. The molecule has 4 atom stereocenters. The van der Waals surface area contributed by atoms with Crippen molar-refractivity contribution in [2.24, 2.45) is 5.92 Å². The van der Waals surface area contributed by atoms with Crippen LogP contribution in [0.4, 0.5) is 4.39 Å². The third-order valence-corrected chi connectivity index (χ3v) is 7.95. The van der Waals surface area contributed by atoms with Gasteiger partial charge in [-0.1, -0.05) is 29.5 Å². The van der Waals surface area contributed by atoms with Crippen LogP contribution in [0, 0.1) is 11.7 Å². The van der Waals surface area contributed by atoms with Crippen molar-refractivity contribution in [3.63, 3.8) is 0 Å². The SMILES string of the molecule is O=C(CN1CCC[C@H]2CCCC[C@H]21)N1C[C@@H](c2ccc(F)cc2)[C@H](c2csnn2)C1. The summed E-state index contributed by atoms with van der Waals surface area (Å²) in [5, 5.41) is 6.28. The number of fused-ring (bicyclic) bond motifs is 1. The van der Waals surface area contributed by atoms with Crippen molar-refractivity contribution in [1.29, 1.82) is 0 Å². The number of carbonyl (C=O) groups is 1. The molecule has 3 fully saturated rings. The number of piperidine rings is 1. The van der Waals surface area contributed by atoms with E-state index in [9.17, 15) is 9.18 Å². The predicted molar refractivity (Wildman–Crippen MR) is 115 cm³/mol. The Bertz CT molecular complexity index is 857. The maximum atomic E-state index is 13.5. The van der Waals surface area contributed by atoms with E-state index < -0.39 is 0 Å². The molecular formula is C23H29FN4OS. The molecule has 3 heterocycles. The van der Waals surface area contributed by atoms with Crippen LogP contribution in [0.2, 0.25) is 0 Å². The highest BCUT2D eigenvalue weighted by Crippen LogP contribution is 2.40. The van der Waals surface area contributed by atoms with E-state index in [0.717, 1.165) is 23.7 Å². The zero-order valence-corrected chi connectivity index (χ0v) is 18.1. The Hall–Kier alpha value is -1.86.